The summed E-state index contributed by atoms with van der Waals surface area (Å²) in [5.74, 6) is 0.507. The van der Waals surface area contributed by atoms with E-state index in [1.807, 2.05) is 0 Å². The Morgan fingerprint density at radius 2 is 0.950 bits per heavy atom. The first-order valence-corrected chi connectivity index (χ1v) is 16.0. The summed E-state index contributed by atoms with van der Waals surface area (Å²) < 4.78 is 5.47. The Kier molecular flexibility index (Phi) is 18.3. The molecule has 0 saturated carbocycles. The SMILES string of the molecule is CCCCCCCCCCCCCCCCCC(=O)Oc1ccc(N=Nc2ccc(C(=O)CCCC)cc2)cc1. The van der Waals surface area contributed by atoms with Gasteiger partial charge in [-0.15, -0.1) is 0 Å². The first-order chi connectivity index (χ1) is 19.6. The van der Waals surface area contributed by atoms with Gasteiger partial charge in [-0.25, -0.2) is 0 Å². The maximum Gasteiger partial charge on any atom is 0.311 e. The highest BCUT2D eigenvalue weighted by atomic mass is 16.5. The van der Waals surface area contributed by atoms with Gasteiger partial charge >= 0.3 is 5.97 Å². The van der Waals surface area contributed by atoms with Gasteiger partial charge in [-0.3, -0.25) is 9.59 Å². The molecule has 0 atom stereocenters. The Balaban J connectivity index is 1.52. The molecule has 2 aromatic carbocycles. The van der Waals surface area contributed by atoms with Crippen LogP contribution in [-0.4, -0.2) is 11.8 Å². The van der Waals surface area contributed by atoms with Gasteiger partial charge in [0, 0.05) is 18.4 Å². The lowest BCUT2D eigenvalue weighted by molar-refractivity contribution is -0.134. The summed E-state index contributed by atoms with van der Waals surface area (Å²) in [6.45, 7) is 4.35. The number of ether oxygens (including phenoxy) is 1. The van der Waals surface area contributed by atoms with E-state index in [4.69, 9.17) is 4.74 Å². The van der Waals surface area contributed by atoms with Gasteiger partial charge in [0.05, 0.1) is 11.4 Å². The number of hydrogen-bond acceptors (Lipinski definition) is 5. The normalized spacial score (nSPS) is 11.2. The lowest BCUT2D eigenvalue weighted by Crippen LogP contribution is -2.07. The quantitative estimate of drug-likeness (QED) is 0.0456. The molecule has 0 amide bonds. The van der Waals surface area contributed by atoms with E-state index in [0.717, 1.165) is 25.7 Å². The summed E-state index contributed by atoms with van der Waals surface area (Å²) in [5.41, 5.74) is 2.07. The van der Waals surface area contributed by atoms with Crippen molar-refractivity contribution in [3.8, 4) is 5.75 Å². The maximum absolute atomic E-state index is 12.2. The summed E-state index contributed by atoms with van der Waals surface area (Å²) >= 11 is 0. The maximum atomic E-state index is 12.2. The summed E-state index contributed by atoms with van der Waals surface area (Å²) in [5, 5.41) is 8.48. The van der Waals surface area contributed by atoms with Gasteiger partial charge < -0.3 is 4.74 Å². The summed E-state index contributed by atoms with van der Waals surface area (Å²) in [7, 11) is 0. The number of azo groups is 1. The number of Topliss-reactive ketones (excluding diaryl/α,β-unsaturated/α-hetero) is 1. The number of nitrogens with zero attached hydrogens (tertiary/aromatic N) is 2. The highest BCUT2D eigenvalue weighted by molar-refractivity contribution is 5.96. The van der Waals surface area contributed by atoms with Crippen LogP contribution in [0.15, 0.2) is 58.8 Å². The number of ketones is 1. The Morgan fingerprint density at radius 1 is 0.525 bits per heavy atom. The van der Waals surface area contributed by atoms with Crippen molar-refractivity contribution in [2.24, 2.45) is 10.2 Å². The first-order valence-electron chi connectivity index (χ1n) is 16.0. The van der Waals surface area contributed by atoms with E-state index in [0.29, 0.717) is 35.5 Å². The fourth-order valence-electron chi connectivity index (χ4n) is 4.72. The average molecular weight is 549 g/mol. The van der Waals surface area contributed by atoms with Gasteiger partial charge in [-0.05, 0) is 61.4 Å². The molecule has 0 aromatic heterocycles. The minimum Gasteiger partial charge on any atom is -0.427 e. The number of benzene rings is 2. The number of esters is 1. The minimum atomic E-state index is -0.183. The van der Waals surface area contributed by atoms with Crippen LogP contribution >= 0.6 is 0 Å². The van der Waals surface area contributed by atoms with Crippen molar-refractivity contribution in [2.45, 2.75) is 136 Å². The molecule has 0 radical (unpaired) electrons. The Morgan fingerprint density at radius 3 is 1.43 bits per heavy atom. The molecular formula is C35H52N2O3. The monoisotopic (exact) mass is 548 g/mol. The Labute approximate surface area is 243 Å². The number of unbranched alkanes of at least 4 members (excludes halogenated alkanes) is 15. The molecule has 220 valence electrons. The summed E-state index contributed by atoms with van der Waals surface area (Å²) in [6, 6.07) is 14.3. The van der Waals surface area contributed by atoms with Crippen molar-refractivity contribution >= 4 is 23.1 Å². The predicted octanol–water partition coefficient (Wildman–Crippen LogP) is 11.6. The van der Waals surface area contributed by atoms with Gasteiger partial charge in [0.2, 0.25) is 0 Å². The average Bonchev–Trinajstić information content (AvgIpc) is 2.97. The van der Waals surface area contributed by atoms with Crippen LogP contribution in [0, 0.1) is 0 Å². The van der Waals surface area contributed by atoms with E-state index in [-0.39, 0.29) is 11.8 Å². The van der Waals surface area contributed by atoms with Gasteiger partial charge in [0.1, 0.15) is 5.75 Å². The summed E-state index contributed by atoms with van der Waals surface area (Å²) in [4.78, 5) is 24.3. The third-order valence-corrected chi connectivity index (χ3v) is 7.28. The smallest absolute Gasteiger partial charge is 0.311 e. The molecule has 0 spiro atoms. The zero-order valence-corrected chi connectivity index (χ0v) is 25.2. The van der Waals surface area contributed by atoms with Crippen molar-refractivity contribution in [1.82, 2.24) is 0 Å². The van der Waals surface area contributed by atoms with E-state index < -0.39 is 0 Å². The number of carbonyl (C=O) groups is 2. The molecule has 2 rings (SSSR count). The van der Waals surface area contributed by atoms with Gasteiger partial charge in [0.25, 0.3) is 0 Å². The molecule has 0 aliphatic rings. The first kappa shape index (κ1) is 33.4. The van der Waals surface area contributed by atoms with Gasteiger partial charge in [0.15, 0.2) is 5.78 Å². The molecule has 40 heavy (non-hydrogen) atoms. The van der Waals surface area contributed by atoms with Crippen LogP contribution in [0.2, 0.25) is 0 Å². The Bertz CT molecular complexity index is 967. The topological polar surface area (TPSA) is 68.1 Å². The third-order valence-electron chi connectivity index (χ3n) is 7.28. The Hall–Kier alpha value is -2.82. The zero-order chi connectivity index (χ0) is 28.7. The molecule has 0 aliphatic heterocycles. The molecule has 2 aromatic rings. The predicted molar refractivity (Wildman–Crippen MR) is 166 cm³/mol. The van der Waals surface area contributed by atoms with E-state index in [9.17, 15) is 9.59 Å². The van der Waals surface area contributed by atoms with Crippen molar-refractivity contribution < 1.29 is 14.3 Å². The molecule has 0 aliphatic carbocycles. The fraction of sp³-hybridized carbons (Fsp3) is 0.600. The van der Waals surface area contributed by atoms with Crippen LogP contribution in [0.3, 0.4) is 0 Å². The summed E-state index contributed by atoms with van der Waals surface area (Å²) in [6.07, 6.45) is 22.6. The van der Waals surface area contributed by atoms with E-state index in [1.54, 1.807) is 48.5 Å². The molecule has 0 heterocycles. The van der Waals surface area contributed by atoms with Crippen molar-refractivity contribution in [2.75, 3.05) is 0 Å². The zero-order valence-electron chi connectivity index (χ0n) is 25.2. The number of rotatable bonds is 23. The molecule has 0 saturated heterocycles. The van der Waals surface area contributed by atoms with Crippen LogP contribution in [0.1, 0.15) is 146 Å². The number of carbonyl (C=O) groups excluding carboxylic acids is 2. The van der Waals surface area contributed by atoms with Crippen LogP contribution in [-0.2, 0) is 4.79 Å². The lowest BCUT2D eigenvalue weighted by Gasteiger charge is -2.05. The second-order valence-electron chi connectivity index (χ2n) is 10.9. The molecule has 0 bridgehead atoms. The van der Waals surface area contributed by atoms with E-state index >= 15 is 0 Å². The highest BCUT2D eigenvalue weighted by Gasteiger charge is 2.06. The standard InChI is InChI=1S/C35H52N2O3/c1-3-5-7-8-9-10-11-12-13-14-15-16-17-18-19-21-35(39)40-33-28-26-32(27-29-33)37-36-31-24-22-30(23-25-31)34(38)20-6-4-2/h22-29H,3-21H2,1-2H3. The minimum absolute atomic E-state index is 0.162. The second kappa shape index (κ2) is 21.9. The molecule has 5 heteroatoms. The molecule has 0 N–H and O–H groups in total. The molecular weight excluding hydrogens is 496 g/mol. The fourth-order valence-corrected chi connectivity index (χ4v) is 4.72. The van der Waals surface area contributed by atoms with Crippen LogP contribution in [0.4, 0.5) is 11.4 Å². The van der Waals surface area contributed by atoms with Crippen LogP contribution < -0.4 is 4.74 Å². The number of hydrogen-bond donors (Lipinski definition) is 0. The highest BCUT2D eigenvalue weighted by Crippen LogP contribution is 2.23. The second-order valence-corrected chi connectivity index (χ2v) is 10.9. The van der Waals surface area contributed by atoms with Crippen molar-refractivity contribution in [3.63, 3.8) is 0 Å². The molecule has 0 fully saturated rings. The van der Waals surface area contributed by atoms with E-state index in [2.05, 4.69) is 24.1 Å². The largest absolute Gasteiger partial charge is 0.427 e. The van der Waals surface area contributed by atoms with Crippen LogP contribution in [0.5, 0.6) is 5.75 Å². The van der Waals surface area contributed by atoms with Gasteiger partial charge in [-0.1, -0.05) is 110 Å². The van der Waals surface area contributed by atoms with Crippen molar-refractivity contribution in [1.29, 1.82) is 0 Å². The van der Waals surface area contributed by atoms with E-state index in [1.165, 1.54) is 83.5 Å². The third kappa shape index (κ3) is 15.7. The van der Waals surface area contributed by atoms with Crippen LogP contribution in [0.25, 0.3) is 0 Å². The van der Waals surface area contributed by atoms with Crippen molar-refractivity contribution in [3.05, 3.63) is 54.1 Å². The molecule has 5 nitrogen and oxygen atoms in total. The molecule has 0 unspecified atom stereocenters. The lowest BCUT2D eigenvalue weighted by atomic mass is 10.0. The van der Waals surface area contributed by atoms with Gasteiger partial charge in [-0.2, -0.15) is 10.2 Å².